The maximum absolute atomic E-state index is 12.2. The summed E-state index contributed by atoms with van der Waals surface area (Å²) in [6.45, 7) is 3.60. The van der Waals surface area contributed by atoms with Crippen molar-refractivity contribution in [2.45, 2.75) is 20.3 Å². The van der Waals surface area contributed by atoms with E-state index in [1.165, 1.54) is 24.0 Å². The number of ether oxygens (including phenoxy) is 1. The number of hydrogen-bond donors (Lipinski definition) is 2. The molecule has 0 aromatic carbocycles. The monoisotopic (exact) mass is 294 g/mol. The smallest absolute Gasteiger partial charge is 0.339 e. The molecule has 0 atom stereocenters. The van der Waals surface area contributed by atoms with E-state index in [4.69, 9.17) is 4.74 Å². The number of nitrogens with zero attached hydrogens (tertiary/aromatic N) is 2. The van der Waals surface area contributed by atoms with Gasteiger partial charge in [0, 0.05) is 5.69 Å². The number of carbonyl (C=O) groups excluding carboxylic acids is 2. The molecule has 0 aliphatic carbocycles. The summed E-state index contributed by atoms with van der Waals surface area (Å²) in [7, 11) is 1.31. The van der Waals surface area contributed by atoms with Crippen LogP contribution in [0.2, 0.25) is 0 Å². The van der Waals surface area contributed by atoms with Gasteiger partial charge in [0.25, 0.3) is 5.91 Å². The quantitative estimate of drug-likeness (QED) is 0.838. The lowest BCUT2D eigenvalue weighted by molar-refractivity contribution is 0.0599. The zero-order chi connectivity index (χ0) is 14.7. The summed E-state index contributed by atoms with van der Waals surface area (Å²) in [6, 6.07) is 0. The lowest BCUT2D eigenvalue weighted by Crippen LogP contribution is -2.14. The van der Waals surface area contributed by atoms with Gasteiger partial charge < -0.3 is 9.72 Å². The van der Waals surface area contributed by atoms with Gasteiger partial charge in [0.15, 0.2) is 0 Å². The molecule has 2 rings (SSSR count). The fraction of sp³-hybridized carbons (Fsp3) is 0.333. The molecule has 2 aromatic heterocycles. The molecule has 0 spiro atoms. The van der Waals surface area contributed by atoms with Gasteiger partial charge in [0.2, 0.25) is 5.13 Å². The van der Waals surface area contributed by atoms with E-state index in [1.54, 1.807) is 6.92 Å². The first-order valence-electron chi connectivity index (χ1n) is 5.95. The van der Waals surface area contributed by atoms with Gasteiger partial charge in [0.1, 0.15) is 11.2 Å². The van der Waals surface area contributed by atoms with Crippen molar-refractivity contribution in [2.75, 3.05) is 12.4 Å². The molecular formula is C12H14N4O3S. The van der Waals surface area contributed by atoms with Crippen LogP contribution in [0.5, 0.6) is 0 Å². The topological polar surface area (TPSA) is 97.0 Å². The van der Waals surface area contributed by atoms with Crippen molar-refractivity contribution in [2.24, 2.45) is 0 Å². The van der Waals surface area contributed by atoms with E-state index < -0.39 is 5.97 Å². The third-order valence-electron chi connectivity index (χ3n) is 2.88. The number of hydrogen-bond acceptors (Lipinski definition) is 6. The van der Waals surface area contributed by atoms with Crippen LogP contribution in [0.25, 0.3) is 0 Å². The zero-order valence-corrected chi connectivity index (χ0v) is 12.1. The maximum atomic E-state index is 12.2. The third kappa shape index (κ3) is 2.55. The molecule has 20 heavy (non-hydrogen) atoms. The Kier molecular flexibility index (Phi) is 4.14. The standard InChI is InChI=1S/C12H14N4O3S/c1-4-7-8(11(18)19-3)6(2)9(14-7)10(17)15-12-16-13-5-20-12/h5,14H,4H2,1-3H3,(H,15,16,17). The molecule has 0 unspecified atom stereocenters. The lowest BCUT2D eigenvalue weighted by atomic mass is 10.1. The van der Waals surface area contributed by atoms with E-state index in [0.29, 0.717) is 34.1 Å². The molecule has 2 heterocycles. The van der Waals surface area contributed by atoms with E-state index in [0.717, 1.165) is 0 Å². The van der Waals surface area contributed by atoms with Crippen LogP contribution >= 0.6 is 11.3 Å². The number of H-pyrrole nitrogens is 1. The van der Waals surface area contributed by atoms with Gasteiger partial charge in [0.05, 0.1) is 12.7 Å². The number of methoxy groups -OCH3 is 1. The highest BCUT2D eigenvalue weighted by Gasteiger charge is 2.23. The van der Waals surface area contributed by atoms with Crippen LogP contribution in [-0.4, -0.2) is 34.2 Å². The Balaban J connectivity index is 2.35. The highest BCUT2D eigenvalue weighted by molar-refractivity contribution is 7.13. The summed E-state index contributed by atoms with van der Waals surface area (Å²) < 4.78 is 4.75. The molecule has 106 valence electrons. The summed E-state index contributed by atoms with van der Waals surface area (Å²) in [5.41, 5.74) is 3.51. The molecule has 8 heteroatoms. The minimum Gasteiger partial charge on any atom is -0.465 e. The fourth-order valence-corrected chi connectivity index (χ4v) is 2.36. The van der Waals surface area contributed by atoms with Crippen LogP contribution in [0, 0.1) is 6.92 Å². The number of aryl methyl sites for hydroxylation is 1. The largest absolute Gasteiger partial charge is 0.465 e. The Bertz CT molecular complexity index is 633. The predicted octanol–water partition coefficient (Wildman–Crippen LogP) is 1.78. The molecular weight excluding hydrogens is 280 g/mol. The molecule has 0 aliphatic heterocycles. The second kappa shape index (κ2) is 5.83. The molecule has 0 radical (unpaired) electrons. The van der Waals surface area contributed by atoms with Crippen LogP contribution in [0.3, 0.4) is 0 Å². The third-order valence-corrected chi connectivity index (χ3v) is 3.48. The van der Waals surface area contributed by atoms with Crippen molar-refractivity contribution in [1.29, 1.82) is 0 Å². The number of anilines is 1. The fourth-order valence-electron chi connectivity index (χ4n) is 1.92. The lowest BCUT2D eigenvalue weighted by Gasteiger charge is -2.01. The average Bonchev–Trinajstić information content (AvgIpc) is 3.05. The molecule has 0 saturated heterocycles. The Morgan fingerprint density at radius 3 is 2.80 bits per heavy atom. The van der Waals surface area contributed by atoms with Crippen LogP contribution < -0.4 is 5.32 Å². The zero-order valence-electron chi connectivity index (χ0n) is 11.3. The van der Waals surface area contributed by atoms with Gasteiger partial charge in [-0.3, -0.25) is 10.1 Å². The number of esters is 1. The molecule has 2 N–H and O–H groups in total. The van der Waals surface area contributed by atoms with Crippen molar-refractivity contribution < 1.29 is 14.3 Å². The number of nitrogens with one attached hydrogen (secondary N) is 2. The van der Waals surface area contributed by atoms with Crippen molar-refractivity contribution >= 4 is 28.3 Å². The molecule has 0 bridgehead atoms. The second-order valence-corrected chi connectivity index (χ2v) is 4.85. The summed E-state index contributed by atoms with van der Waals surface area (Å²) in [6.07, 6.45) is 0.595. The molecule has 0 saturated carbocycles. The summed E-state index contributed by atoms with van der Waals surface area (Å²) in [4.78, 5) is 26.9. The van der Waals surface area contributed by atoms with E-state index in [1.807, 2.05) is 6.92 Å². The first-order valence-corrected chi connectivity index (χ1v) is 6.83. The summed E-state index contributed by atoms with van der Waals surface area (Å²) in [5, 5.41) is 10.4. The molecule has 7 nitrogen and oxygen atoms in total. The first-order chi connectivity index (χ1) is 9.58. The van der Waals surface area contributed by atoms with Crippen LogP contribution in [0.15, 0.2) is 5.51 Å². The molecule has 1 amide bonds. The maximum Gasteiger partial charge on any atom is 0.339 e. The normalized spacial score (nSPS) is 10.3. The Hall–Kier alpha value is -2.22. The van der Waals surface area contributed by atoms with Crippen LogP contribution in [0.4, 0.5) is 5.13 Å². The van der Waals surface area contributed by atoms with Gasteiger partial charge in [-0.1, -0.05) is 18.3 Å². The van der Waals surface area contributed by atoms with Gasteiger partial charge in [-0.15, -0.1) is 10.2 Å². The Morgan fingerprint density at radius 2 is 2.25 bits per heavy atom. The summed E-state index contributed by atoms with van der Waals surface area (Å²) in [5.74, 6) is -0.810. The van der Waals surface area contributed by atoms with Gasteiger partial charge in [-0.2, -0.15) is 0 Å². The van der Waals surface area contributed by atoms with E-state index in [9.17, 15) is 9.59 Å². The number of rotatable bonds is 4. The molecule has 0 aliphatic rings. The summed E-state index contributed by atoms with van der Waals surface area (Å²) >= 11 is 1.22. The highest BCUT2D eigenvalue weighted by Crippen LogP contribution is 2.21. The van der Waals surface area contributed by atoms with Gasteiger partial charge >= 0.3 is 5.97 Å². The van der Waals surface area contributed by atoms with E-state index in [-0.39, 0.29) is 5.91 Å². The van der Waals surface area contributed by atoms with Crippen molar-refractivity contribution in [3.8, 4) is 0 Å². The Morgan fingerprint density at radius 1 is 1.50 bits per heavy atom. The first kappa shape index (κ1) is 14.2. The SMILES string of the molecule is CCc1[nH]c(C(=O)Nc2nncs2)c(C)c1C(=O)OC. The second-order valence-electron chi connectivity index (χ2n) is 4.02. The van der Waals surface area contributed by atoms with E-state index >= 15 is 0 Å². The number of aromatic nitrogens is 3. The van der Waals surface area contributed by atoms with Crippen molar-refractivity contribution in [3.05, 3.63) is 28.0 Å². The van der Waals surface area contributed by atoms with Gasteiger partial charge in [-0.25, -0.2) is 4.79 Å². The molecule has 2 aromatic rings. The van der Waals surface area contributed by atoms with Gasteiger partial charge in [-0.05, 0) is 18.9 Å². The number of carbonyl (C=O) groups is 2. The number of aromatic amines is 1. The Labute approximate surface area is 119 Å². The minimum absolute atomic E-state index is 0.331. The average molecular weight is 294 g/mol. The minimum atomic E-state index is -0.453. The predicted molar refractivity (Wildman–Crippen MR) is 74.1 cm³/mol. The number of amides is 1. The molecule has 0 fully saturated rings. The van der Waals surface area contributed by atoms with Crippen LogP contribution in [0.1, 0.15) is 39.0 Å². The highest BCUT2D eigenvalue weighted by atomic mass is 32.1. The van der Waals surface area contributed by atoms with Crippen molar-refractivity contribution in [1.82, 2.24) is 15.2 Å². The van der Waals surface area contributed by atoms with E-state index in [2.05, 4.69) is 20.5 Å². The van der Waals surface area contributed by atoms with Crippen LogP contribution in [-0.2, 0) is 11.2 Å². The van der Waals surface area contributed by atoms with Crippen molar-refractivity contribution in [3.63, 3.8) is 0 Å².